The van der Waals surface area contributed by atoms with Crippen LogP contribution in [0.4, 0.5) is 0 Å². The lowest BCUT2D eigenvalue weighted by Crippen LogP contribution is -2.47. The first-order valence-corrected chi connectivity index (χ1v) is 11.4. The van der Waals surface area contributed by atoms with E-state index < -0.39 is 0 Å². The lowest BCUT2D eigenvalue weighted by molar-refractivity contribution is -0.142. The Morgan fingerprint density at radius 3 is 2.52 bits per heavy atom. The Balaban J connectivity index is 1.42. The summed E-state index contributed by atoms with van der Waals surface area (Å²) in [4.78, 5) is 31.6. The first-order chi connectivity index (χ1) is 14.1. The summed E-state index contributed by atoms with van der Waals surface area (Å²) in [6.07, 6.45) is 8.34. The topological polar surface area (TPSA) is 43.9 Å². The van der Waals surface area contributed by atoms with Crippen LogP contribution >= 0.6 is 0 Å². The fourth-order valence-corrected chi connectivity index (χ4v) is 4.52. The lowest BCUT2D eigenvalue weighted by Gasteiger charge is -2.34. The monoisotopic (exact) mass is 399 g/mol. The molecular formula is C24H37N3O2. The number of nitrogens with zero attached hydrogens (tertiary/aromatic N) is 3. The van der Waals surface area contributed by atoms with Gasteiger partial charge in [0.2, 0.25) is 11.8 Å². The molecule has 0 N–H and O–H groups in total. The molecule has 2 aliphatic rings. The summed E-state index contributed by atoms with van der Waals surface area (Å²) in [6, 6.07) is 10.4. The van der Waals surface area contributed by atoms with E-state index in [9.17, 15) is 9.59 Å². The van der Waals surface area contributed by atoms with Crippen molar-refractivity contribution in [1.29, 1.82) is 0 Å². The highest BCUT2D eigenvalue weighted by atomic mass is 16.2. The van der Waals surface area contributed by atoms with Gasteiger partial charge in [0.15, 0.2) is 0 Å². The number of likely N-dealkylation sites (N-methyl/N-ethyl adjacent to an activating group) is 1. The van der Waals surface area contributed by atoms with E-state index >= 15 is 0 Å². The number of carbonyl (C=O) groups excluding carboxylic acids is 2. The molecule has 1 aromatic carbocycles. The molecule has 0 bridgehead atoms. The van der Waals surface area contributed by atoms with Crippen LogP contribution in [-0.2, 0) is 16.0 Å². The van der Waals surface area contributed by atoms with Gasteiger partial charge in [-0.3, -0.25) is 9.59 Å². The smallest absolute Gasteiger partial charge is 0.227 e. The van der Waals surface area contributed by atoms with E-state index in [0.717, 1.165) is 45.6 Å². The molecule has 2 fully saturated rings. The minimum Gasteiger partial charge on any atom is -0.344 e. The van der Waals surface area contributed by atoms with Crippen LogP contribution in [0.3, 0.4) is 0 Å². The Bertz CT molecular complexity index is 641. The maximum atomic E-state index is 13.0. The summed E-state index contributed by atoms with van der Waals surface area (Å²) in [5.41, 5.74) is 1.30. The van der Waals surface area contributed by atoms with E-state index in [4.69, 9.17) is 0 Å². The molecule has 0 saturated carbocycles. The van der Waals surface area contributed by atoms with Gasteiger partial charge < -0.3 is 14.7 Å². The molecule has 2 amide bonds. The fraction of sp³-hybridized carbons (Fsp3) is 0.667. The van der Waals surface area contributed by atoms with Crippen molar-refractivity contribution in [1.82, 2.24) is 14.7 Å². The quantitative estimate of drug-likeness (QED) is 0.674. The Morgan fingerprint density at radius 2 is 1.79 bits per heavy atom. The number of rotatable bonds is 8. The van der Waals surface area contributed by atoms with E-state index in [0.29, 0.717) is 19.4 Å². The molecule has 0 radical (unpaired) electrons. The van der Waals surface area contributed by atoms with Crippen molar-refractivity contribution in [2.24, 2.45) is 5.92 Å². The third kappa shape index (κ3) is 6.84. The van der Waals surface area contributed by atoms with Gasteiger partial charge in [-0.15, -0.1) is 0 Å². The summed E-state index contributed by atoms with van der Waals surface area (Å²) in [5, 5.41) is 0. The highest BCUT2D eigenvalue weighted by Crippen LogP contribution is 2.20. The van der Waals surface area contributed by atoms with Crippen molar-refractivity contribution in [3.8, 4) is 0 Å². The summed E-state index contributed by atoms with van der Waals surface area (Å²) in [7, 11) is 1.93. The van der Waals surface area contributed by atoms with E-state index in [1.807, 2.05) is 22.9 Å². The molecule has 29 heavy (non-hydrogen) atoms. The maximum Gasteiger partial charge on any atom is 0.227 e. The Hall–Kier alpha value is -1.88. The van der Waals surface area contributed by atoms with Gasteiger partial charge >= 0.3 is 0 Å². The van der Waals surface area contributed by atoms with Gasteiger partial charge in [-0.25, -0.2) is 0 Å². The number of aryl methyl sites for hydroxylation is 1. The number of carbonyl (C=O) groups is 2. The van der Waals surface area contributed by atoms with Crippen LogP contribution in [0.15, 0.2) is 30.3 Å². The average Bonchev–Trinajstić information content (AvgIpc) is 3.02. The zero-order chi connectivity index (χ0) is 20.5. The molecule has 2 aliphatic heterocycles. The summed E-state index contributed by atoms with van der Waals surface area (Å²) >= 11 is 0. The van der Waals surface area contributed by atoms with Gasteiger partial charge in [0.1, 0.15) is 0 Å². The SMILES string of the molecule is CN(CCN1CCCCCC1)C(=O)[C@@H]1CCC(=O)N(CCCc2ccccc2)C1. The van der Waals surface area contributed by atoms with Crippen LogP contribution in [0.2, 0.25) is 0 Å². The maximum absolute atomic E-state index is 13.0. The molecule has 5 nitrogen and oxygen atoms in total. The molecule has 1 aromatic rings. The standard InChI is InChI=1S/C24H37N3O2/c1-25(18-19-26-15-7-2-3-8-16-26)24(29)22-13-14-23(28)27(20-22)17-9-12-21-10-5-4-6-11-21/h4-6,10-11,22H,2-3,7-9,12-20H2,1H3/t22-/m1/s1. The first kappa shape index (κ1) is 21.8. The van der Waals surface area contributed by atoms with Gasteiger partial charge in [0.05, 0.1) is 5.92 Å². The Morgan fingerprint density at radius 1 is 1.07 bits per heavy atom. The fourth-order valence-electron chi connectivity index (χ4n) is 4.52. The number of amides is 2. The molecule has 160 valence electrons. The average molecular weight is 400 g/mol. The zero-order valence-corrected chi connectivity index (χ0v) is 18.0. The van der Waals surface area contributed by atoms with Gasteiger partial charge in [-0.1, -0.05) is 43.2 Å². The number of piperidine rings is 1. The van der Waals surface area contributed by atoms with Gasteiger partial charge in [0, 0.05) is 39.6 Å². The number of hydrogen-bond acceptors (Lipinski definition) is 3. The minimum atomic E-state index is -0.0430. The molecule has 0 spiro atoms. The predicted octanol–water partition coefficient (Wildman–Crippen LogP) is 3.19. The second kappa shape index (κ2) is 11.3. The van der Waals surface area contributed by atoms with Crippen molar-refractivity contribution >= 4 is 11.8 Å². The molecule has 2 heterocycles. The third-order valence-corrected chi connectivity index (χ3v) is 6.41. The van der Waals surface area contributed by atoms with Crippen molar-refractivity contribution < 1.29 is 9.59 Å². The molecule has 0 aliphatic carbocycles. The van der Waals surface area contributed by atoms with E-state index in [-0.39, 0.29) is 17.7 Å². The zero-order valence-electron chi connectivity index (χ0n) is 18.0. The van der Waals surface area contributed by atoms with Crippen LogP contribution in [0, 0.1) is 5.92 Å². The molecule has 1 atom stereocenters. The van der Waals surface area contributed by atoms with Gasteiger partial charge in [-0.05, 0) is 50.8 Å². The van der Waals surface area contributed by atoms with Crippen molar-refractivity contribution in [2.45, 2.75) is 51.4 Å². The van der Waals surface area contributed by atoms with Crippen LogP contribution in [0.5, 0.6) is 0 Å². The minimum absolute atomic E-state index is 0.0430. The number of hydrogen-bond donors (Lipinski definition) is 0. The van der Waals surface area contributed by atoms with E-state index in [1.165, 1.54) is 31.2 Å². The number of likely N-dealkylation sites (tertiary alicyclic amines) is 2. The second-order valence-corrected chi connectivity index (χ2v) is 8.68. The molecule has 2 saturated heterocycles. The summed E-state index contributed by atoms with van der Waals surface area (Å²) in [6.45, 7) is 5.41. The largest absolute Gasteiger partial charge is 0.344 e. The first-order valence-electron chi connectivity index (χ1n) is 11.4. The van der Waals surface area contributed by atoms with Crippen molar-refractivity contribution in [3.05, 3.63) is 35.9 Å². The van der Waals surface area contributed by atoms with Crippen LogP contribution in [0.1, 0.15) is 50.5 Å². The second-order valence-electron chi connectivity index (χ2n) is 8.68. The molecule has 3 rings (SSSR count). The van der Waals surface area contributed by atoms with Crippen LogP contribution in [0.25, 0.3) is 0 Å². The summed E-state index contributed by atoms with van der Waals surface area (Å²) in [5.74, 6) is 0.369. The Kier molecular flexibility index (Phi) is 8.53. The van der Waals surface area contributed by atoms with Crippen molar-refractivity contribution in [3.63, 3.8) is 0 Å². The highest BCUT2D eigenvalue weighted by Gasteiger charge is 2.31. The van der Waals surface area contributed by atoms with E-state index in [2.05, 4.69) is 29.2 Å². The van der Waals surface area contributed by atoms with Crippen molar-refractivity contribution in [2.75, 3.05) is 46.3 Å². The van der Waals surface area contributed by atoms with Crippen LogP contribution in [-0.4, -0.2) is 72.8 Å². The molecule has 0 unspecified atom stereocenters. The number of benzene rings is 1. The summed E-state index contributed by atoms with van der Waals surface area (Å²) < 4.78 is 0. The van der Waals surface area contributed by atoms with Crippen LogP contribution < -0.4 is 0 Å². The van der Waals surface area contributed by atoms with Gasteiger partial charge in [0.25, 0.3) is 0 Å². The molecular weight excluding hydrogens is 362 g/mol. The van der Waals surface area contributed by atoms with E-state index in [1.54, 1.807) is 0 Å². The highest BCUT2D eigenvalue weighted by molar-refractivity contribution is 5.83. The Labute approximate surface area is 176 Å². The van der Waals surface area contributed by atoms with Gasteiger partial charge in [-0.2, -0.15) is 0 Å². The molecule has 5 heteroatoms. The molecule has 0 aromatic heterocycles. The lowest BCUT2D eigenvalue weighted by atomic mass is 9.95. The third-order valence-electron chi connectivity index (χ3n) is 6.41. The normalized spacial score (nSPS) is 21.1. The predicted molar refractivity (Wildman–Crippen MR) is 117 cm³/mol.